The molecule has 24 heavy (non-hydrogen) atoms. The highest BCUT2D eigenvalue weighted by Gasteiger charge is 2.16. The van der Waals surface area contributed by atoms with E-state index < -0.39 is 21.6 Å². The molecule has 0 unspecified atom stereocenters. The predicted octanol–water partition coefficient (Wildman–Crippen LogP) is 3.48. The fourth-order valence-corrected chi connectivity index (χ4v) is 3.94. The van der Waals surface area contributed by atoms with Gasteiger partial charge >= 0.3 is 0 Å². The average molecular weight is 364 g/mol. The third-order valence-corrected chi connectivity index (χ3v) is 6.09. The van der Waals surface area contributed by atoms with E-state index in [4.69, 9.17) is 0 Å². The Morgan fingerprint density at radius 1 is 1.25 bits per heavy atom. The summed E-state index contributed by atoms with van der Waals surface area (Å²) in [6.45, 7) is 1.54. The Bertz CT molecular complexity index is 1030. The number of fused-ring (bicyclic) bond motifs is 1. The molecule has 0 saturated carbocycles. The van der Waals surface area contributed by atoms with Crippen molar-refractivity contribution in [3.8, 4) is 0 Å². The third kappa shape index (κ3) is 3.15. The van der Waals surface area contributed by atoms with Crippen molar-refractivity contribution in [2.75, 3.05) is 11.1 Å². The first kappa shape index (κ1) is 16.5. The number of sulfone groups is 1. The van der Waals surface area contributed by atoms with Crippen LogP contribution in [0.5, 0.6) is 0 Å². The number of benzene rings is 2. The number of amides is 1. The quantitative estimate of drug-likeness (QED) is 0.769. The highest BCUT2D eigenvalue weighted by atomic mass is 32.2. The lowest BCUT2D eigenvalue weighted by atomic mass is 10.2. The molecule has 1 amide bonds. The van der Waals surface area contributed by atoms with Crippen LogP contribution in [0.3, 0.4) is 0 Å². The van der Waals surface area contributed by atoms with Gasteiger partial charge in [-0.15, -0.1) is 0 Å². The van der Waals surface area contributed by atoms with Gasteiger partial charge in [0.1, 0.15) is 11.3 Å². The molecule has 0 bridgehead atoms. The maximum atomic E-state index is 13.6. The van der Waals surface area contributed by atoms with Gasteiger partial charge in [0.15, 0.2) is 15.0 Å². The topological polar surface area (TPSA) is 76.1 Å². The van der Waals surface area contributed by atoms with Gasteiger partial charge in [-0.3, -0.25) is 10.1 Å². The minimum Gasteiger partial charge on any atom is -0.298 e. The highest BCUT2D eigenvalue weighted by Crippen LogP contribution is 2.28. The van der Waals surface area contributed by atoms with E-state index in [1.165, 1.54) is 37.3 Å². The maximum absolute atomic E-state index is 13.6. The maximum Gasteiger partial charge on any atom is 0.257 e. The Labute approximate surface area is 142 Å². The predicted molar refractivity (Wildman–Crippen MR) is 91.7 cm³/mol. The molecule has 0 radical (unpaired) electrons. The van der Waals surface area contributed by atoms with Crippen molar-refractivity contribution in [1.29, 1.82) is 0 Å². The van der Waals surface area contributed by atoms with E-state index in [0.29, 0.717) is 4.70 Å². The van der Waals surface area contributed by atoms with Gasteiger partial charge in [0.05, 0.1) is 15.3 Å². The molecule has 0 fully saturated rings. The SMILES string of the molecule is CCS(=O)(=O)c1cccc(C(=O)Nc2nc3c(F)cccc3s2)c1. The summed E-state index contributed by atoms with van der Waals surface area (Å²) in [6, 6.07) is 10.4. The van der Waals surface area contributed by atoms with E-state index in [0.717, 1.165) is 11.3 Å². The zero-order valence-electron chi connectivity index (χ0n) is 12.6. The van der Waals surface area contributed by atoms with Gasteiger partial charge in [0, 0.05) is 5.56 Å². The Balaban J connectivity index is 1.89. The zero-order valence-corrected chi connectivity index (χ0v) is 14.2. The number of aromatic nitrogens is 1. The minimum absolute atomic E-state index is 0.0464. The lowest BCUT2D eigenvalue weighted by molar-refractivity contribution is 0.102. The van der Waals surface area contributed by atoms with E-state index in [-0.39, 0.29) is 26.9 Å². The molecule has 0 saturated heterocycles. The fourth-order valence-electron chi connectivity index (χ4n) is 2.14. The van der Waals surface area contributed by atoms with Crippen molar-refractivity contribution >= 4 is 42.4 Å². The highest BCUT2D eigenvalue weighted by molar-refractivity contribution is 7.91. The summed E-state index contributed by atoms with van der Waals surface area (Å²) in [5.41, 5.74) is 0.393. The number of hydrogen-bond donors (Lipinski definition) is 1. The van der Waals surface area contributed by atoms with E-state index >= 15 is 0 Å². The number of rotatable bonds is 4. The zero-order chi connectivity index (χ0) is 17.3. The Hall–Kier alpha value is -2.32. The standard InChI is InChI=1S/C16H13FN2O3S2/c1-2-24(21,22)11-6-3-5-10(9-11)15(20)19-16-18-14-12(17)7-4-8-13(14)23-16/h3-9H,2H2,1H3,(H,18,19,20). The van der Waals surface area contributed by atoms with Gasteiger partial charge in [0.25, 0.3) is 5.91 Å². The molecule has 1 N–H and O–H groups in total. The number of nitrogens with one attached hydrogen (secondary N) is 1. The number of carbonyl (C=O) groups is 1. The molecule has 0 atom stereocenters. The summed E-state index contributed by atoms with van der Waals surface area (Å²) >= 11 is 1.15. The van der Waals surface area contributed by atoms with Gasteiger partial charge in [-0.25, -0.2) is 17.8 Å². The van der Waals surface area contributed by atoms with Crippen molar-refractivity contribution < 1.29 is 17.6 Å². The normalized spacial score (nSPS) is 11.6. The minimum atomic E-state index is -3.40. The first-order chi connectivity index (χ1) is 11.4. The molecular formula is C16H13FN2O3S2. The molecule has 0 aliphatic rings. The van der Waals surface area contributed by atoms with Crippen LogP contribution in [0.25, 0.3) is 10.2 Å². The summed E-state index contributed by atoms with van der Waals surface area (Å²) in [7, 11) is -3.40. The largest absolute Gasteiger partial charge is 0.298 e. The molecule has 124 valence electrons. The summed E-state index contributed by atoms with van der Waals surface area (Å²) in [5.74, 6) is -1.00. The molecule has 3 rings (SSSR count). The Kier molecular flexibility index (Phi) is 4.33. The summed E-state index contributed by atoms with van der Waals surface area (Å²) in [6.07, 6.45) is 0. The van der Waals surface area contributed by atoms with E-state index in [1.54, 1.807) is 12.1 Å². The molecule has 8 heteroatoms. The number of carbonyl (C=O) groups excluding carboxylic acids is 1. The van der Waals surface area contributed by atoms with Gasteiger partial charge < -0.3 is 0 Å². The van der Waals surface area contributed by atoms with Crippen LogP contribution in [-0.2, 0) is 9.84 Å². The molecule has 5 nitrogen and oxygen atoms in total. The monoisotopic (exact) mass is 364 g/mol. The molecule has 0 spiro atoms. The van der Waals surface area contributed by atoms with E-state index in [1.807, 2.05) is 0 Å². The summed E-state index contributed by atoms with van der Waals surface area (Å²) < 4.78 is 38.1. The van der Waals surface area contributed by atoms with Crippen molar-refractivity contribution in [1.82, 2.24) is 4.98 Å². The molecule has 2 aromatic carbocycles. The van der Waals surface area contributed by atoms with Gasteiger partial charge in [-0.1, -0.05) is 30.4 Å². The van der Waals surface area contributed by atoms with Crippen molar-refractivity contribution in [2.24, 2.45) is 0 Å². The second-order valence-electron chi connectivity index (χ2n) is 4.99. The van der Waals surface area contributed by atoms with Crippen LogP contribution >= 0.6 is 11.3 Å². The van der Waals surface area contributed by atoms with Gasteiger partial charge in [-0.2, -0.15) is 0 Å². The van der Waals surface area contributed by atoms with Gasteiger partial charge in [-0.05, 0) is 30.3 Å². The molecule has 1 heterocycles. The van der Waals surface area contributed by atoms with Crippen LogP contribution in [-0.4, -0.2) is 25.1 Å². The number of para-hydroxylation sites is 1. The number of thiazole rings is 1. The van der Waals surface area contributed by atoms with Crippen LogP contribution in [0.4, 0.5) is 9.52 Å². The third-order valence-electron chi connectivity index (χ3n) is 3.43. The van der Waals surface area contributed by atoms with Crippen molar-refractivity contribution in [2.45, 2.75) is 11.8 Å². The smallest absolute Gasteiger partial charge is 0.257 e. The number of nitrogens with zero attached hydrogens (tertiary/aromatic N) is 1. The second kappa shape index (κ2) is 6.29. The van der Waals surface area contributed by atoms with E-state index in [9.17, 15) is 17.6 Å². The Morgan fingerprint density at radius 2 is 2.00 bits per heavy atom. The first-order valence-electron chi connectivity index (χ1n) is 7.10. The van der Waals surface area contributed by atoms with Gasteiger partial charge in [0.2, 0.25) is 0 Å². The van der Waals surface area contributed by atoms with Crippen LogP contribution < -0.4 is 5.32 Å². The fraction of sp³-hybridized carbons (Fsp3) is 0.125. The van der Waals surface area contributed by atoms with E-state index in [2.05, 4.69) is 10.3 Å². The van der Waals surface area contributed by atoms with Crippen LogP contribution in [0.2, 0.25) is 0 Å². The molecule has 3 aromatic rings. The van der Waals surface area contributed by atoms with Crippen LogP contribution in [0.15, 0.2) is 47.4 Å². The molecule has 0 aliphatic heterocycles. The van der Waals surface area contributed by atoms with Crippen molar-refractivity contribution in [3.63, 3.8) is 0 Å². The van der Waals surface area contributed by atoms with Crippen molar-refractivity contribution in [3.05, 3.63) is 53.8 Å². The lowest BCUT2D eigenvalue weighted by Gasteiger charge is -2.05. The summed E-state index contributed by atoms with van der Waals surface area (Å²) in [5, 5.41) is 2.83. The number of hydrogen-bond acceptors (Lipinski definition) is 5. The Morgan fingerprint density at radius 3 is 2.71 bits per heavy atom. The molecule has 0 aliphatic carbocycles. The average Bonchev–Trinajstić information content (AvgIpc) is 2.99. The summed E-state index contributed by atoms with van der Waals surface area (Å²) in [4.78, 5) is 16.5. The second-order valence-corrected chi connectivity index (χ2v) is 8.30. The van der Waals surface area contributed by atoms with Crippen LogP contribution in [0.1, 0.15) is 17.3 Å². The molecule has 1 aromatic heterocycles. The number of halogens is 1. The molecular weight excluding hydrogens is 351 g/mol. The first-order valence-corrected chi connectivity index (χ1v) is 9.57. The number of anilines is 1. The van der Waals surface area contributed by atoms with Crippen LogP contribution in [0, 0.1) is 5.82 Å². The lowest BCUT2D eigenvalue weighted by Crippen LogP contribution is -2.13.